The van der Waals surface area contributed by atoms with Gasteiger partial charge in [0.2, 0.25) is 17.5 Å². The van der Waals surface area contributed by atoms with Crippen molar-refractivity contribution in [2.45, 2.75) is 64.2 Å². The molecule has 22 nitrogen and oxygen atoms in total. The number of anilines is 1. The smallest absolute Gasteiger partial charge is 0.266 e. The molecule has 366 valence electrons. The summed E-state index contributed by atoms with van der Waals surface area (Å²) in [5.74, 6) is -6.28. The van der Waals surface area contributed by atoms with E-state index in [9.17, 15) is 75.9 Å². The van der Waals surface area contributed by atoms with Crippen molar-refractivity contribution in [1.82, 2.24) is 15.5 Å². The molecular weight excluding hydrogens is 963 g/mol. The molecule has 5 rings (SSSR count). The molecule has 4 amide bonds. The third-order valence-corrected chi connectivity index (χ3v) is 14.5. The van der Waals surface area contributed by atoms with Crippen molar-refractivity contribution < 1.29 is 80.4 Å². The van der Waals surface area contributed by atoms with Crippen LogP contribution in [0.1, 0.15) is 95.6 Å². The molecule has 1 fully saturated rings. The van der Waals surface area contributed by atoms with Gasteiger partial charge < -0.3 is 15.5 Å². The number of hydrogen-bond donors (Lipinski definition) is 6. The molecule has 0 atom stereocenters. The highest BCUT2D eigenvalue weighted by molar-refractivity contribution is 7.86. The normalized spacial score (nSPS) is 17.7. The number of imide groups is 1. The van der Waals surface area contributed by atoms with Gasteiger partial charge in [0.1, 0.15) is 6.54 Å². The first-order valence-corrected chi connectivity index (χ1v) is 27.1. The molecule has 3 heterocycles. The van der Waals surface area contributed by atoms with E-state index in [0.29, 0.717) is 22.7 Å². The number of likely N-dealkylation sites (tertiary alicyclic amines) is 1. The van der Waals surface area contributed by atoms with Gasteiger partial charge >= 0.3 is 0 Å². The zero-order chi connectivity index (χ0) is 50.1. The summed E-state index contributed by atoms with van der Waals surface area (Å²) < 4.78 is 132. The van der Waals surface area contributed by atoms with E-state index in [1.165, 1.54) is 12.1 Å². The van der Waals surface area contributed by atoms with Gasteiger partial charge in [0.05, 0.1) is 40.5 Å². The SMILES string of the molecule is CC1(C)C(=CC=CC2=[N+](CCCS(=O)(=O)O)c3cccc(C(=O)CN4C(=O)CCC4=O)c3C2(C)C)N(CCCS(=O)(=O)O)c2cc(C(=O)NCCS(=O)(=O)O)cc(C(=O)NCCS(=O)(=O)O)c21. The second kappa shape index (κ2) is 19.8. The number of carbonyl (C=O) groups is 5. The van der Waals surface area contributed by atoms with Crippen LogP contribution in [-0.4, -0.2) is 152 Å². The lowest BCUT2D eigenvalue weighted by Crippen LogP contribution is -2.35. The highest BCUT2D eigenvalue weighted by Gasteiger charge is 2.48. The number of Topliss-reactive ketones (excluding diaryl/α,β-unsaturated/α-hetero) is 1. The highest BCUT2D eigenvalue weighted by Crippen LogP contribution is 2.50. The maximum atomic E-state index is 13.9. The number of amides is 4. The molecule has 3 aliphatic rings. The second-order valence-corrected chi connectivity index (χ2v) is 23.4. The Kier molecular flexibility index (Phi) is 15.6. The molecule has 0 saturated carbocycles. The van der Waals surface area contributed by atoms with Crippen LogP contribution in [0.5, 0.6) is 0 Å². The van der Waals surface area contributed by atoms with Gasteiger partial charge in [-0.25, -0.2) is 0 Å². The lowest BCUT2D eigenvalue weighted by Gasteiger charge is -2.27. The van der Waals surface area contributed by atoms with Gasteiger partial charge in [-0.1, -0.05) is 32.1 Å². The van der Waals surface area contributed by atoms with E-state index >= 15 is 0 Å². The van der Waals surface area contributed by atoms with Gasteiger partial charge in [0.25, 0.3) is 52.3 Å². The Morgan fingerprint density at radius 3 is 1.82 bits per heavy atom. The van der Waals surface area contributed by atoms with Gasteiger partial charge in [-0.05, 0) is 38.5 Å². The Labute approximate surface area is 388 Å². The summed E-state index contributed by atoms with van der Waals surface area (Å²) in [6.07, 6.45) is 4.61. The zero-order valence-electron chi connectivity index (χ0n) is 36.9. The Bertz CT molecular complexity index is 2940. The van der Waals surface area contributed by atoms with Crippen molar-refractivity contribution in [3.63, 3.8) is 0 Å². The van der Waals surface area contributed by atoms with Crippen LogP contribution in [0.15, 0.2) is 54.3 Å². The second-order valence-electron chi connectivity index (χ2n) is 17.1. The minimum absolute atomic E-state index is 0.0220. The molecule has 67 heavy (non-hydrogen) atoms. The van der Waals surface area contributed by atoms with Gasteiger partial charge in [0.15, 0.2) is 11.5 Å². The first kappa shape index (κ1) is 52.7. The number of ketones is 1. The fourth-order valence-electron chi connectivity index (χ4n) is 8.58. The van der Waals surface area contributed by atoms with Crippen molar-refractivity contribution in [3.05, 3.63) is 82.1 Å². The minimum atomic E-state index is -4.52. The topological polar surface area (TPSA) is 336 Å². The van der Waals surface area contributed by atoms with Crippen LogP contribution in [0, 0.1) is 0 Å². The predicted octanol–water partition coefficient (Wildman–Crippen LogP) is 1.42. The maximum absolute atomic E-state index is 13.9. The minimum Gasteiger partial charge on any atom is -0.351 e. The number of allylic oxidation sites excluding steroid dienone is 4. The largest absolute Gasteiger partial charge is 0.351 e. The Balaban J connectivity index is 1.65. The molecule has 0 unspecified atom stereocenters. The predicted molar refractivity (Wildman–Crippen MR) is 243 cm³/mol. The number of carbonyl (C=O) groups excluding carboxylic acids is 5. The van der Waals surface area contributed by atoms with Crippen LogP contribution in [0.2, 0.25) is 0 Å². The number of nitrogens with one attached hydrogen (secondary N) is 2. The fraction of sp³-hybridized carbons (Fsp3) is 0.463. The average Bonchev–Trinajstić information content (AvgIpc) is 3.70. The zero-order valence-corrected chi connectivity index (χ0v) is 40.1. The van der Waals surface area contributed by atoms with Crippen molar-refractivity contribution in [1.29, 1.82) is 0 Å². The first-order valence-electron chi connectivity index (χ1n) is 20.7. The molecular formula is C41H52N5O17S4+. The molecule has 1 saturated heterocycles. The molecule has 0 aromatic heterocycles. The maximum Gasteiger partial charge on any atom is 0.266 e. The summed E-state index contributed by atoms with van der Waals surface area (Å²) in [7, 11) is -17.9. The number of nitrogens with zero attached hydrogens (tertiary/aromatic N) is 3. The number of hydrogen-bond acceptors (Lipinski definition) is 14. The summed E-state index contributed by atoms with van der Waals surface area (Å²) in [6, 6.07) is 7.40. The van der Waals surface area contributed by atoms with E-state index in [4.69, 9.17) is 0 Å². The number of rotatable bonds is 21. The van der Waals surface area contributed by atoms with Crippen LogP contribution in [-0.2, 0) is 60.9 Å². The van der Waals surface area contributed by atoms with Gasteiger partial charge in [-0.2, -0.15) is 38.2 Å². The van der Waals surface area contributed by atoms with E-state index < -0.39 is 123 Å². The van der Waals surface area contributed by atoms with Crippen LogP contribution >= 0.6 is 0 Å². The quantitative estimate of drug-likeness (QED) is 0.0446. The third kappa shape index (κ3) is 12.9. The Hall–Kier alpha value is -5.22. The molecule has 6 N–H and O–H groups in total. The van der Waals surface area contributed by atoms with E-state index in [1.54, 1.807) is 73.6 Å². The number of benzene rings is 2. The molecule has 0 spiro atoms. The van der Waals surface area contributed by atoms with Crippen LogP contribution in [0.25, 0.3) is 0 Å². The lowest BCUT2D eigenvalue weighted by molar-refractivity contribution is -0.437. The van der Waals surface area contributed by atoms with Crippen molar-refractivity contribution in [3.8, 4) is 0 Å². The Morgan fingerprint density at radius 2 is 1.25 bits per heavy atom. The van der Waals surface area contributed by atoms with E-state index in [0.717, 1.165) is 4.90 Å². The van der Waals surface area contributed by atoms with Crippen LogP contribution in [0.3, 0.4) is 0 Å². The van der Waals surface area contributed by atoms with E-state index in [2.05, 4.69) is 10.6 Å². The van der Waals surface area contributed by atoms with E-state index in [-0.39, 0.29) is 66.7 Å². The third-order valence-electron chi connectivity index (χ3n) is 11.5. The molecule has 0 bridgehead atoms. The highest BCUT2D eigenvalue weighted by atomic mass is 32.2. The van der Waals surface area contributed by atoms with Crippen molar-refractivity contribution in [2.24, 2.45) is 0 Å². The monoisotopic (exact) mass is 1010 g/mol. The van der Waals surface area contributed by atoms with E-state index in [1.807, 2.05) is 0 Å². The molecule has 26 heteroatoms. The summed E-state index contributed by atoms with van der Waals surface area (Å²) in [4.78, 5) is 68.6. The molecule has 2 aromatic carbocycles. The van der Waals surface area contributed by atoms with Crippen LogP contribution in [0.4, 0.5) is 11.4 Å². The molecule has 2 aromatic rings. The van der Waals surface area contributed by atoms with Gasteiger partial charge in [-0.15, -0.1) is 0 Å². The van der Waals surface area contributed by atoms with Crippen LogP contribution < -0.4 is 15.5 Å². The fourth-order valence-corrected chi connectivity index (χ4v) is 10.3. The summed E-state index contributed by atoms with van der Waals surface area (Å²) in [5, 5.41) is 4.74. The summed E-state index contributed by atoms with van der Waals surface area (Å²) >= 11 is 0. The first-order chi connectivity index (χ1) is 30.8. The molecule has 3 aliphatic heterocycles. The van der Waals surface area contributed by atoms with Crippen molar-refractivity contribution >= 4 is 87.0 Å². The van der Waals surface area contributed by atoms with Crippen molar-refractivity contribution in [2.75, 3.05) is 60.6 Å². The molecule has 0 aliphatic carbocycles. The summed E-state index contributed by atoms with van der Waals surface area (Å²) in [5.41, 5.74) is -0.00144. The molecule has 0 radical (unpaired) electrons. The average molecular weight is 1020 g/mol. The standard InChI is InChI=1S/C41H51N5O17S4/c1-40(2)32(44(17-7-19-64(52,53)54)29-10-5-9-27(36(29)40)31(47)25-46-34(48)13-14-35(46)49)11-6-12-33-41(3,4)37-28(39(51)43-16-22-67(61,62)63)23-26(38(50)42-15-21-66(58,59)60)24-30(37)45(33)18-8-20-65(55,56)57/h5-6,9-12,23-24H,7-8,13-22,25H2,1-4H3,(H5-,42,43,50,51,52,53,54,55,56,57,58,59,60,61,62,63)/p+1. The van der Waals surface area contributed by atoms with Gasteiger partial charge in [0, 0.05) is 90.1 Å². The summed E-state index contributed by atoms with van der Waals surface area (Å²) in [6.45, 7) is 5.30. The van der Waals surface area contributed by atoms with Gasteiger partial charge in [-0.3, -0.25) is 47.1 Å². The Morgan fingerprint density at radius 1 is 0.701 bits per heavy atom. The number of fused-ring (bicyclic) bond motifs is 2. The lowest BCUT2D eigenvalue weighted by atomic mass is 9.78.